The number of amides is 1. The SMILES string of the molecule is NC1C2CCC(C2)C1C(=O)NCCCOCc1ccco1. The van der Waals surface area contributed by atoms with Crippen molar-refractivity contribution in [1.82, 2.24) is 5.32 Å². The van der Waals surface area contributed by atoms with E-state index in [4.69, 9.17) is 14.9 Å². The van der Waals surface area contributed by atoms with Crippen LogP contribution in [0.4, 0.5) is 0 Å². The van der Waals surface area contributed by atoms with Crippen LogP contribution < -0.4 is 11.1 Å². The van der Waals surface area contributed by atoms with Crippen molar-refractivity contribution in [2.45, 2.75) is 38.3 Å². The van der Waals surface area contributed by atoms with Crippen molar-refractivity contribution in [3.05, 3.63) is 24.2 Å². The lowest BCUT2D eigenvalue weighted by molar-refractivity contribution is -0.127. The molecule has 1 heterocycles. The fraction of sp³-hybridized carbons (Fsp3) is 0.688. The summed E-state index contributed by atoms with van der Waals surface area (Å²) in [5.41, 5.74) is 6.18. The Morgan fingerprint density at radius 1 is 1.43 bits per heavy atom. The van der Waals surface area contributed by atoms with Crippen molar-refractivity contribution in [2.75, 3.05) is 13.2 Å². The third-order valence-electron chi connectivity index (χ3n) is 4.87. The fourth-order valence-electron chi connectivity index (χ4n) is 3.80. The molecule has 2 aliphatic rings. The number of carbonyl (C=O) groups excluding carboxylic acids is 1. The van der Waals surface area contributed by atoms with E-state index in [2.05, 4.69) is 5.32 Å². The number of hydrogen-bond acceptors (Lipinski definition) is 4. The van der Waals surface area contributed by atoms with Gasteiger partial charge in [-0.3, -0.25) is 4.79 Å². The average Bonchev–Trinajstić information content (AvgIpc) is 3.19. The van der Waals surface area contributed by atoms with Gasteiger partial charge in [-0.15, -0.1) is 0 Å². The molecule has 0 radical (unpaired) electrons. The van der Waals surface area contributed by atoms with E-state index in [1.807, 2.05) is 12.1 Å². The molecular formula is C16H24N2O3. The molecule has 4 unspecified atom stereocenters. The van der Waals surface area contributed by atoms with Crippen LogP contribution in [0.2, 0.25) is 0 Å². The van der Waals surface area contributed by atoms with Gasteiger partial charge in [0, 0.05) is 19.2 Å². The molecule has 1 aromatic heterocycles. The average molecular weight is 292 g/mol. The highest BCUT2D eigenvalue weighted by Gasteiger charge is 2.48. The Morgan fingerprint density at radius 3 is 3.00 bits per heavy atom. The molecule has 0 spiro atoms. The molecule has 2 bridgehead atoms. The third kappa shape index (κ3) is 3.30. The van der Waals surface area contributed by atoms with Crippen LogP contribution in [-0.2, 0) is 16.1 Å². The number of nitrogens with one attached hydrogen (secondary N) is 1. The van der Waals surface area contributed by atoms with Gasteiger partial charge in [-0.25, -0.2) is 0 Å². The maximum Gasteiger partial charge on any atom is 0.224 e. The first kappa shape index (κ1) is 14.6. The largest absolute Gasteiger partial charge is 0.467 e. The molecule has 2 aliphatic carbocycles. The molecule has 3 rings (SSSR count). The van der Waals surface area contributed by atoms with Crippen LogP contribution in [0.3, 0.4) is 0 Å². The normalized spacial score (nSPS) is 30.7. The van der Waals surface area contributed by atoms with Crippen LogP contribution in [0, 0.1) is 17.8 Å². The van der Waals surface area contributed by atoms with Gasteiger partial charge in [0.1, 0.15) is 12.4 Å². The summed E-state index contributed by atoms with van der Waals surface area (Å²) in [5, 5.41) is 3.01. The highest BCUT2D eigenvalue weighted by Crippen LogP contribution is 2.47. The molecule has 3 N–H and O–H groups in total. The zero-order chi connectivity index (χ0) is 14.7. The van der Waals surface area contributed by atoms with E-state index in [1.165, 1.54) is 12.8 Å². The quantitative estimate of drug-likeness (QED) is 0.750. The number of nitrogens with two attached hydrogens (primary N) is 1. The second-order valence-electron chi connectivity index (χ2n) is 6.21. The zero-order valence-corrected chi connectivity index (χ0v) is 12.3. The maximum atomic E-state index is 12.2. The first-order valence-corrected chi connectivity index (χ1v) is 7.89. The summed E-state index contributed by atoms with van der Waals surface area (Å²) in [6, 6.07) is 3.80. The van der Waals surface area contributed by atoms with Crippen LogP contribution >= 0.6 is 0 Å². The molecule has 1 amide bonds. The summed E-state index contributed by atoms with van der Waals surface area (Å²) in [7, 11) is 0. The Hall–Kier alpha value is -1.33. The predicted octanol–water partition coefficient (Wildman–Crippen LogP) is 1.68. The van der Waals surface area contributed by atoms with Gasteiger partial charge in [-0.2, -0.15) is 0 Å². The highest BCUT2D eigenvalue weighted by molar-refractivity contribution is 5.80. The first-order valence-electron chi connectivity index (χ1n) is 7.89. The Balaban J connectivity index is 1.30. The Morgan fingerprint density at radius 2 is 2.29 bits per heavy atom. The van der Waals surface area contributed by atoms with Crippen molar-refractivity contribution in [1.29, 1.82) is 0 Å². The zero-order valence-electron chi connectivity index (χ0n) is 12.3. The minimum Gasteiger partial charge on any atom is -0.467 e. The Labute approximate surface area is 125 Å². The van der Waals surface area contributed by atoms with Gasteiger partial charge in [0.15, 0.2) is 0 Å². The molecule has 0 aromatic carbocycles. The number of furan rings is 1. The van der Waals surface area contributed by atoms with Gasteiger partial charge in [0.2, 0.25) is 5.91 Å². The summed E-state index contributed by atoms with van der Waals surface area (Å²) in [5.74, 6) is 2.09. The molecule has 116 valence electrons. The summed E-state index contributed by atoms with van der Waals surface area (Å²) >= 11 is 0. The Bertz CT molecular complexity index is 458. The Kier molecular flexibility index (Phi) is 4.60. The molecule has 4 atom stereocenters. The molecule has 0 saturated heterocycles. The van der Waals surface area contributed by atoms with Gasteiger partial charge >= 0.3 is 0 Å². The second kappa shape index (κ2) is 6.62. The second-order valence-corrected chi connectivity index (χ2v) is 6.21. The molecule has 2 fully saturated rings. The minimum atomic E-state index is 0.0350. The van der Waals surface area contributed by atoms with Crippen molar-refractivity contribution < 1.29 is 13.9 Å². The van der Waals surface area contributed by atoms with Crippen molar-refractivity contribution >= 4 is 5.91 Å². The van der Waals surface area contributed by atoms with Crippen LogP contribution in [0.1, 0.15) is 31.4 Å². The lowest BCUT2D eigenvalue weighted by Gasteiger charge is -2.27. The number of carbonyl (C=O) groups is 1. The van der Waals surface area contributed by atoms with Crippen molar-refractivity contribution in [2.24, 2.45) is 23.5 Å². The lowest BCUT2D eigenvalue weighted by atomic mass is 9.84. The van der Waals surface area contributed by atoms with Gasteiger partial charge in [-0.05, 0) is 49.7 Å². The van der Waals surface area contributed by atoms with Crippen molar-refractivity contribution in [3.63, 3.8) is 0 Å². The first-order chi connectivity index (χ1) is 10.3. The van der Waals surface area contributed by atoms with Crippen LogP contribution in [0.15, 0.2) is 22.8 Å². The monoisotopic (exact) mass is 292 g/mol. The smallest absolute Gasteiger partial charge is 0.224 e. The van der Waals surface area contributed by atoms with Crippen LogP contribution in [0.25, 0.3) is 0 Å². The molecule has 1 aromatic rings. The molecule has 21 heavy (non-hydrogen) atoms. The van der Waals surface area contributed by atoms with Gasteiger partial charge in [-0.1, -0.05) is 0 Å². The summed E-state index contributed by atoms with van der Waals surface area (Å²) < 4.78 is 10.7. The number of rotatable bonds is 7. The van der Waals surface area contributed by atoms with E-state index in [0.29, 0.717) is 31.6 Å². The van der Waals surface area contributed by atoms with Crippen LogP contribution in [0.5, 0.6) is 0 Å². The highest BCUT2D eigenvalue weighted by atomic mass is 16.5. The maximum absolute atomic E-state index is 12.2. The summed E-state index contributed by atoms with van der Waals surface area (Å²) in [6.07, 6.45) is 5.96. The molecule has 5 heteroatoms. The van der Waals surface area contributed by atoms with Gasteiger partial charge < -0.3 is 20.2 Å². The van der Waals surface area contributed by atoms with E-state index >= 15 is 0 Å². The van der Waals surface area contributed by atoms with Gasteiger partial charge in [0.25, 0.3) is 0 Å². The molecule has 2 saturated carbocycles. The topological polar surface area (TPSA) is 77.5 Å². The standard InChI is InChI=1S/C16H24N2O3/c17-15-12-5-4-11(9-12)14(15)16(19)18-6-2-7-20-10-13-3-1-8-21-13/h1,3,8,11-12,14-15H,2,4-7,9-10,17H2,(H,18,19). The molecule has 0 aliphatic heterocycles. The van der Waals surface area contributed by atoms with E-state index in [0.717, 1.165) is 18.6 Å². The number of fused-ring (bicyclic) bond motifs is 2. The van der Waals surface area contributed by atoms with E-state index < -0.39 is 0 Å². The van der Waals surface area contributed by atoms with E-state index in [-0.39, 0.29) is 17.9 Å². The summed E-state index contributed by atoms with van der Waals surface area (Å²) in [4.78, 5) is 12.2. The van der Waals surface area contributed by atoms with Gasteiger partial charge in [0.05, 0.1) is 12.2 Å². The fourth-order valence-corrected chi connectivity index (χ4v) is 3.80. The van der Waals surface area contributed by atoms with Crippen LogP contribution in [-0.4, -0.2) is 25.1 Å². The molecule has 5 nitrogen and oxygen atoms in total. The lowest BCUT2D eigenvalue weighted by Crippen LogP contribution is -2.45. The van der Waals surface area contributed by atoms with E-state index in [9.17, 15) is 4.79 Å². The predicted molar refractivity (Wildman–Crippen MR) is 78.3 cm³/mol. The number of ether oxygens (including phenoxy) is 1. The number of hydrogen-bond donors (Lipinski definition) is 2. The van der Waals surface area contributed by atoms with E-state index in [1.54, 1.807) is 6.26 Å². The minimum absolute atomic E-state index is 0.0350. The van der Waals surface area contributed by atoms with Crippen molar-refractivity contribution in [3.8, 4) is 0 Å². The molecular weight excluding hydrogens is 268 g/mol. The third-order valence-corrected chi connectivity index (χ3v) is 4.87. The summed E-state index contributed by atoms with van der Waals surface area (Å²) in [6.45, 7) is 1.75.